The number of ether oxygens (including phenoxy) is 2. The normalized spacial score (nSPS) is 11.4. The summed E-state index contributed by atoms with van der Waals surface area (Å²) in [5.41, 5.74) is 20.8. The van der Waals surface area contributed by atoms with E-state index in [0.717, 1.165) is 82.6 Å². The summed E-state index contributed by atoms with van der Waals surface area (Å²) in [6.45, 7) is 10.8. The predicted octanol–water partition coefficient (Wildman–Crippen LogP) is 7.06. The van der Waals surface area contributed by atoms with Gasteiger partial charge >= 0.3 is 5.97 Å². The minimum atomic E-state index is -0.522. The van der Waals surface area contributed by atoms with Gasteiger partial charge in [-0.15, -0.1) is 0 Å². The summed E-state index contributed by atoms with van der Waals surface area (Å²) >= 11 is 0. The lowest BCUT2D eigenvalue weighted by Gasteiger charge is -2.20. The largest absolute Gasteiger partial charge is 0.497 e. The van der Waals surface area contributed by atoms with Crippen LogP contribution in [0.4, 0.5) is 17.6 Å². The van der Waals surface area contributed by atoms with E-state index in [2.05, 4.69) is 24.9 Å². The molecule has 17 heteroatoms. The van der Waals surface area contributed by atoms with Crippen LogP contribution in [-0.4, -0.2) is 77.2 Å². The maximum Gasteiger partial charge on any atom is 0.356 e. The fourth-order valence-corrected chi connectivity index (χ4v) is 8.31. The Bertz CT molecular complexity index is 2780. The average molecular weight is 871 g/mol. The molecule has 4 aromatic heterocycles. The Morgan fingerprint density at radius 3 is 2.30 bits per heavy atom. The number of carbonyl (C=O) groups is 3. The number of aromatic nitrogens is 8. The first-order valence-corrected chi connectivity index (χ1v) is 21.9. The molecule has 2 amide bonds. The number of unbranched alkanes of at least 4 members (excludes halogenated alkanes) is 3. The number of anilines is 3. The highest BCUT2D eigenvalue weighted by Crippen LogP contribution is 2.31. The van der Waals surface area contributed by atoms with Crippen LogP contribution in [0.1, 0.15) is 99.8 Å². The van der Waals surface area contributed by atoms with Crippen molar-refractivity contribution in [1.82, 2.24) is 38.7 Å². The number of fused-ring (bicyclic) bond motifs is 2. The maximum atomic E-state index is 14.2. The molecule has 0 unspecified atom stereocenters. The third kappa shape index (κ3) is 9.72. The van der Waals surface area contributed by atoms with Crippen molar-refractivity contribution in [1.29, 1.82) is 0 Å². The van der Waals surface area contributed by atoms with E-state index in [9.17, 15) is 14.4 Å². The van der Waals surface area contributed by atoms with Gasteiger partial charge in [0.2, 0.25) is 17.8 Å². The van der Waals surface area contributed by atoms with Gasteiger partial charge in [0.25, 0.3) is 5.91 Å². The predicted molar refractivity (Wildman–Crippen MR) is 248 cm³/mol. The van der Waals surface area contributed by atoms with Gasteiger partial charge in [0.15, 0.2) is 0 Å². The smallest absolute Gasteiger partial charge is 0.356 e. The van der Waals surface area contributed by atoms with Crippen LogP contribution in [-0.2, 0) is 43.9 Å². The quantitative estimate of drug-likeness (QED) is 0.0492. The molecule has 336 valence electrons. The molecule has 5 N–H and O–H groups in total. The van der Waals surface area contributed by atoms with Crippen molar-refractivity contribution in [2.45, 2.75) is 98.9 Å². The van der Waals surface area contributed by atoms with E-state index >= 15 is 0 Å². The molecule has 0 saturated heterocycles. The van der Waals surface area contributed by atoms with Crippen molar-refractivity contribution in [2.24, 2.45) is 5.73 Å². The molecule has 7 rings (SSSR count). The summed E-state index contributed by atoms with van der Waals surface area (Å²) in [7, 11) is 3.68. The number of rotatable bonds is 21. The summed E-state index contributed by atoms with van der Waals surface area (Å²) in [6.07, 6.45) is 4.65. The van der Waals surface area contributed by atoms with Crippen LogP contribution < -0.4 is 26.4 Å². The van der Waals surface area contributed by atoms with Gasteiger partial charge in [-0.25, -0.2) is 14.8 Å². The van der Waals surface area contributed by atoms with Gasteiger partial charge in [0.05, 0.1) is 47.3 Å². The number of para-hydroxylation sites is 1. The van der Waals surface area contributed by atoms with Crippen LogP contribution in [0.5, 0.6) is 5.75 Å². The topological polar surface area (TPSA) is 208 Å². The Balaban J connectivity index is 1.08. The third-order valence-electron chi connectivity index (χ3n) is 11.5. The summed E-state index contributed by atoms with van der Waals surface area (Å²) in [5, 5.41) is 12.4. The van der Waals surface area contributed by atoms with Crippen molar-refractivity contribution in [3.8, 4) is 5.75 Å². The molecule has 17 nitrogen and oxygen atoms in total. The zero-order valence-electron chi connectivity index (χ0n) is 37.6. The molecule has 0 radical (unpaired) electrons. The zero-order valence-corrected chi connectivity index (χ0v) is 37.6. The molecule has 0 aliphatic heterocycles. The number of methoxy groups -OCH3 is 1. The van der Waals surface area contributed by atoms with Crippen LogP contribution in [0.15, 0.2) is 66.7 Å². The lowest BCUT2D eigenvalue weighted by atomic mass is 10.0. The van der Waals surface area contributed by atoms with Crippen molar-refractivity contribution in [3.63, 3.8) is 0 Å². The molecule has 0 aliphatic rings. The molecule has 0 atom stereocenters. The molecule has 64 heavy (non-hydrogen) atoms. The van der Waals surface area contributed by atoms with E-state index in [4.69, 9.17) is 31.0 Å². The van der Waals surface area contributed by atoms with Crippen LogP contribution in [0.25, 0.3) is 22.1 Å². The van der Waals surface area contributed by atoms with Gasteiger partial charge in [-0.05, 0) is 114 Å². The lowest BCUT2D eigenvalue weighted by Crippen LogP contribution is -2.20. The molecule has 0 saturated carbocycles. The summed E-state index contributed by atoms with van der Waals surface area (Å²) < 4.78 is 18.2. The van der Waals surface area contributed by atoms with Crippen molar-refractivity contribution in [3.05, 3.63) is 106 Å². The standard InChI is InChI=1S/C47H58N12O5/c1-7-58-42(45(62)64-8-2)35(31(4)54-58)15-10-9-11-26-59-40(27-30(3)53-59)44(61)52-47-51-41-38(55(5)29-32-18-21-34(63-6)22-19-32)16-14-17-39(41)57(47)25-13-12-24-56-37-23-20-33(43(48)60)28-36(37)50-46(56)49/h14,16-23,27-28H,7-13,15,24-26,29H2,1-6H3,(H2,48,60)(H2,49,50)(H,51,52,61). The number of primary amides is 1. The second kappa shape index (κ2) is 19.9. The van der Waals surface area contributed by atoms with E-state index in [0.29, 0.717) is 80.1 Å². The van der Waals surface area contributed by atoms with Crippen LogP contribution in [0, 0.1) is 13.8 Å². The Hall–Kier alpha value is -7.17. The van der Waals surface area contributed by atoms with Crippen molar-refractivity contribution >= 4 is 57.4 Å². The molecule has 4 heterocycles. The minimum absolute atomic E-state index is 0.303. The van der Waals surface area contributed by atoms with Crippen LogP contribution in [0.2, 0.25) is 0 Å². The fourth-order valence-electron chi connectivity index (χ4n) is 8.31. The third-order valence-corrected chi connectivity index (χ3v) is 11.5. The number of esters is 1. The fraction of sp³-hybridized carbons (Fsp3) is 0.383. The number of nitrogens with zero attached hydrogens (tertiary/aromatic N) is 9. The second-order valence-corrected chi connectivity index (χ2v) is 15.9. The number of nitrogen functional groups attached to an aromatic ring is 1. The number of carbonyl (C=O) groups excluding carboxylic acids is 3. The lowest BCUT2D eigenvalue weighted by molar-refractivity contribution is 0.0510. The van der Waals surface area contributed by atoms with Gasteiger partial charge < -0.3 is 35.0 Å². The van der Waals surface area contributed by atoms with Gasteiger partial charge in [0.1, 0.15) is 22.7 Å². The number of imidazole rings is 2. The molecular formula is C47H58N12O5. The number of hydrogen-bond acceptors (Lipinski definition) is 11. The number of hydrogen-bond donors (Lipinski definition) is 3. The Labute approximate surface area is 372 Å². The highest BCUT2D eigenvalue weighted by Gasteiger charge is 2.23. The molecule has 0 spiro atoms. The highest BCUT2D eigenvalue weighted by molar-refractivity contribution is 6.03. The first-order valence-electron chi connectivity index (χ1n) is 21.9. The van der Waals surface area contributed by atoms with Crippen LogP contribution >= 0.6 is 0 Å². The number of benzene rings is 3. The zero-order chi connectivity index (χ0) is 45.5. The summed E-state index contributed by atoms with van der Waals surface area (Å²) in [6, 6.07) is 21.0. The van der Waals surface area contributed by atoms with Gasteiger partial charge in [0, 0.05) is 50.9 Å². The Kier molecular flexibility index (Phi) is 14.0. The Morgan fingerprint density at radius 2 is 1.58 bits per heavy atom. The maximum absolute atomic E-state index is 14.2. The molecule has 0 fully saturated rings. The monoisotopic (exact) mass is 870 g/mol. The summed E-state index contributed by atoms with van der Waals surface area (Å²) in [4.78, 5) is 50.5. The number of amides is 2. The van der Waals surface area contributed by atoms with E-state index in [-0.39, 0.29) is 11.9 Å². The van der Waals surface area contributed by atoms with E-state index in [1.165, 1.54) is 0 Å². The van der Waals surface area contributed by atoms with Gasteiger partial charge in [-0.1, -0.05) is 24.6 Å². The number of aryl methyl sites for hydroxylation is 6. The van der Waals surface area contributed by atoms with Gasteiger partial charge in [-0.2, -0.15) is 10.2 Å². The van der Waals surface area contributed by atoms with Crippen molar-refractivity contribution < 1.29 is 23.9 Å². The van der Waals surface area contributed by atoms with E-state index < -0.39 is 5.91 Å². The van der Waals surface area contributed by atoms with Crippen molar-refractivity contribution in [2.75, 3.05) is 36.7 Å². The summed E-state index contributed by atoms with van der Waals surface area (Å²) in [5.74, 6) is 0.413. The first kappa shape index (κ1) is 44.9. The molecule has 0 aliphatic carbocycles. The second-order valence-electron chi connectivity index (χ2n) is 15.9. The average Bonchev–Trinajstić information content (AvgIpc) is 4.02. The molecule has 7 aromatic rings. The first-order chi connectivity index (χ1) is 30.9. The van der Waals surface area contributed by atoms with Crippen LogP contribution in [0.3, 0.4) is 0 Å². The number of nitrogens with one attached hydrogen (secondary N) is 1. The molecule has 3 aromatic carbocycles. The molecular weight excluding hydrogens is 813 g/mol. The van der Waals surface area contributed by atoms with Gasteiger partial charge in [-0.3, -0.25) is 24.3 Å². The number of nitrogens with two attached hydrogens (primary N) is 2. The van der Waals surface area contributed by atoms with E-state index in [1.54, 1.807) is 41.6 Å². The Morgan fingerprint density at radius 1 is 0.828 bits per heavy atom. The molecule has 0 bridgehead atoms. The van der Waals surface area contributed by atoms with E-state index in [1.807, 2.05) is 80.9 Å². The minimum Gasteiger partial charge on any atom is -0.497 e. The highest BCUT2D eigenvalue weighted by atomic mass is 16.5. The SMILES string of the molecule is CCOC(=O)c1c(CCCCCn2nc(C)cc2C(=O)Nc2nc3c(N(C)Cc4ccc(OC)cc4)cccc3n2CCCCn2c(N)nc3cc(C(N)=O)ccc32)c(C)nn1CC.